The maximum absolute atomic E-state index is 4.01. The first-order valence-electron chi connectivity index (χ1n) is 13.6. The first-order valence-corrected chi connectivity index (χ1v) is 13.6. The van der Waals surface area contributed by atoms with Crippen LogP contribution < -0.4 is 0 Å². The van der Waals surface area contributed by atoms with Gasteiger partial charge in [0.1, 0.15) is 0 Å². The van der Waals surface area contributed by atoms with Gasteiger partial charge in [-0.1, -0.05) is 55.5 Å². The normalized spacial score (nSPS) is 35.6. The van der Waals surface area contributed by atoms with Crippen LogP contribution in [0.5, 0.6) is 0 Å². The molecule has 170 valence electrons. The van der Waals surface area contributed by atoms with Crippen molar-refractivity contribution in [3.63, 3.8) is 0 Å². The van der Waals surface area contributed by atoms with Crippen LogP contribution in [-0.2, 0) is 0 Å². The highest BCUT2D eigenvalue weighted by atomic mass is 14.4. The van der Waals surface area contributed by atoms with Gasteiger partial charge in [-0.2, -0.15) is 0 Å². The predicted octanol–water partition coefficient (Wildman–Crippen LogP) is 9.34. The molecule has 0 heteroatoms. The average Bonchev–Trinajstić information content (AvgIpc) is 2.85. The van der Waals surface area contributed by atoms with Crippen molar-refractivity contribution in [3.8, 4) is 0 Å². The first-order chi connectivity index (χ1) is 15.3. The molecule has 0 saturated heterocycles. The fourth-order valence-electron chi connectivity index (χ4n) is 7.26. The SMILES string of the molecule is C=C[C@H]1CC[C@H](C2CCC(/C=C/[C@H]3CC[C@H](C(CC)c4ccccc4)CC3)CC2)CC1. The summed E-state index contributed by atoms with van der Waals surface area (Å²) in [6.07, 6.45) is 26.0. The molecular formula is C31H46. The summed E-state index contributed by atoms with van der Waals surface area (Å²) in [5.74, 6) is 6.22. The van der Waals surface area contributed by atoms with Crippen molar-refractivity contribution >= 4 is 0 Å². The summed E-state index contributed by atoms with van der Waals surface area (Å²) < 4.78 is 0. The van der Waals surface area contributed by atoms with E-state index < -0.39 is 0 Å². The minimum Gasteiger partial charge on any atom is -0.103 e. The van der Waals surface area contributed by atoms with Crippen molar-refractivity contribution in [2.75, 3.05) is 0 Å². The Kier molecular flexibility index (Phi) is 8.51. The van der Waals surface area contributed by atoms with Gasteiger partial charge in [0.05, 0.1) is 0 Å². The molecule has 0 heterocycles. The fourth-order valence-corrected chi connectivity index (χ4v) is 7.26. The first kappa shape index (κ1) is 22.9. The van der Waals surface area contributed by atoms with E-state index in [1.807, 2.05) is 0 Å². The summed E-state index contributed by atoms with van der Waals surface area (Å²) in [6.45, 7) is 6.39. The van der Waals surface area contributed by atoms with Gasteiger partial charge in [-0.3, -0.25) is 0 Å². The van der Waals surface area contributed by atoms with Crippen LogP contribution in [0.15, 0.2) is 55.1 Å². The molecule has 3 fully saturated rings. The molecule has 31 heavy (non-hydrogen) atoms. The van der Waals surface area contributed by atoms with Crippen molar-refractivity contribution < 1.29 is 0 Å². The van der Waals surface area contributed by atoms with E-state index >= 15 is 0 Å². The van der Waals surface area contributed by atoms with Crippen LogP contribution in [0.3, 0.4) is 0 Å². The molecule has 1 aromatic rings. The third-order valence-electron chi connectivity index (χ3n) is 9.34. The van der Waals surface area contributed by atoms with Crippen molar-refractivity contribution in [1.29, 1.82) is 0 Å². The van der Waals surface area contributed by atoms with Crippen LogP contribution in [0.1, 0.15) is 102 Å². The lowest BCUT2D eigenvalue weighted by Crippen LogP contribution is -2.25. The molecule has 1 atom stereocenters. The summed E-state index contributed by atoms with van der Waals surface area (Å²) in [5, 5.41) is 0. The van der Waals surface area contributed by atoms with Gasteiger partial charge in [-0.25, -0.2) is 0 Å². The van der Waals surface area contributed by atoms with E-state index in [4.69, 9.17) is 0 Å². The summed E-state index contributed by atoms with van der Waals surface area (Å²) in [7, 11) is 0. The Hall–Kier alpha value is -1.30. The zero-order valence-corrected chi connectivity index (χ0v) is 20.1. The number of allylic oxidation sites excluding steroid dienone is 3. The third kappa shape index (κ3) is 6.15. The Morgan fingerprint density at radius 2 is 1.19 bits per heavy atom. The van der Waals surface area contributed by atoms with E-state index in [0.717, 1.165) is 41.4 Å². The van der Waals surface area contributed by atoms with Gasteiger partial charge in [-0.05, 0) is 130 Å². The third-order valence-corrected chi connectivity index (χ3v) is 9.34. The molecule has 3 saturated carbocycles. The molecule has 1 unspecified atom stereocenters. The summed E-state index contributed by atoms with van der Waals surface area (Å²) >= 11 is 0. The van der Waals surface area contributed by atoms with Crippen LogP contribution in [0.4, 0.5) is 0 Å². The van der Waals surface area contributed by atoms with Crippen LogP contribution in [-0.4, -0.2) is 0 Å². The van der Waals surface area contributed by atoms with Gasteiger partial charge in [0.2, 0.25) is 0 Å². The number of hydrogen-bond donors (Lipinski definition) is 0. The molecule has 0 radical (unpaired) electrons. The molecule has 1 aromatic carbocycles. The second kappa shape index (κ2) is 11.5. The average molecular weight is 419 g/mol. The van der Waals surface area contributed by atoms with Crippen molar-refractivity contribution in [3.05, 3.63) is 60.7 Å². The van der Waals surface area contributed by atoms with Crippen LogP contribution in [0.25, 0.3) is 0 Å². The highest BCUT2D eigenvalue weighted by molar-refractivity contribution is 5.20. The van der Waals surface area contributed by atoms with E-state index in [0.29, 0.717) is 0 Å². The number of rotatable bonds is 7. The smallest absolute Gasteiger partial charge is 0.0136 e. The second-order valence-electron chi connectivity index (χ2n) is 11.1. The summed E-state index contributed by atoms with van der Waals surface area (Å²) in [6, 6.07) is 11.3. The Bertz CT molecular complexity index is 661. The van der Waals surface area contributed by atoms with Crippen LogP contribution in [0.2, 0.25) is 0 Å². The van der Waals surface area contributed by atoms with Gasteiger partial charge in [0, 0.05) is 0 Å². The molecule has 4 rings (SSSR count). The Morgan fingerprint density at radius 3 is 1.68 bits per heavy atom. The molecule has 0 bridgehead atoms. The lowest BCUT2D eigenvalue weighted by molar-refractivity contribution is 0.166. The summed E-state index contributed by atoms with van der Waals surface area (Å²) in [5.41, 5.74) is 1.57. The monoisotopic (exact) mass is 418 g/mol. The van der Waals surface area contributed by atoms with Crippen molar-refractivity contribution in [1.82, 2.24) is 0 Å². The zero-order chi connectivity index (χ0) is 21.5. The topological polar surface area (TPSA) is 0 Å². The van der Waals surface area contributed by atoms with Gasteiger partial charge in [0.15, 0.2) is 0 Å². The van der Waals surface area contributed by atoms with Crippen LogP contribution in [0, 0.1) is 35.5 Å². The molecular weight excluding hydrogens is 372 g/mol. The van der Waals surface area contributed by atoms with E-state index in [9.17, 15) is 0 Å². The second-order valence-corrected chi connectivity index (χ2v) is 11.1. The predicted molar refractivity (Wildman–Crippen MR) is 135 cm³/mol. The molecule has 0 aliphatic heterocycles. The van der Waals surface area contributed by atoms with Gasteiger partial charge in [0.25, 0.3) is 0 Å². The van der Waals surface area contributed by atoms with E-state index in [1.165, 1.54) is 83.5 Å². The van der Waals surface area contributed by atoms with Crippen molar-refractivity contribution in [2.24, 2.45) is 35.5 Å². The minimum absolute atomic E-state index is 0.767. The number of hydrogen-bond acceptors (Lipinski definition) is 0. The maximum Gasteiger partial charge on any atom is -0.0136 e. The maximum atomic E-state index is 4.01. The highest BCUT2D eigenvalue weighted by Gasteiger charge is 2.30. The standard InChI is InChI=1S/C31H46/c1-3-24-12-18-27(19-13-24)28-20-14-25(15-21-28)10-11-26-16-22-30(23-17-26)31(4-2)29-8-6-5-7-9-29/h3,5-11,24-28,30-31H,1,4,12-23H2,2H3/b11-10+/t24-,25?,26-,27-,28?,30-,31?. The molecule has 0 N–H and O–H groups in total. The molecule has 0 spiro atoms. The lowest BCUT2D eigenvalue weighted by atomic mass is 9.69. The van der Waals surface area contributed by atoms with Gasteiger partial charge < -0.3 is 0 Å². The highest BCUT2D eigenvalue weighted by Crippen LogP contribution is 2.43. The molecule has 0 nitrogen and oxygen atoms in total. The largest absolute Gasteiger partial charge is 0.103 e. The van der Waals surface area contributed by atoms with Crippen LogP contribution >= 0.6 is 0 Å². The van der Waals surface area contributed by atoms with Gasteiger partial charge in [-0.15, -0.1) is 6.58 Å². The lowest BCUT2D eigenvalue weighted by Gasteiger charge is -2.37. The Morgan fingerprint density at radius 1 is 0.710 bits per heavy atom. The zero-order valence-electron chi connectivity index (χ0n) is 20.1. The quantitative estimate of drug-likeness (QED) is 0.387. The minimum atomic E-state index is 0.767. The molecule has 0 amide bonds. The Balaban J connectivity index is 1.18. The summed E-state index contributed by atoms with van der Waals surface area (Å²) in [4.78, 5) is 0. The van der Waals surface area contributed by atoms with E-state index in [2.05, 4.69) is 62.1 Å². The number of benzene rings is 1. The molecule has 3 aliphatic rings. The molecule has 0 aromatic heterocycles. The Labute approximate surface area is 192 Å². The fraction of sp³-hybridized carbons (Fsp3) is 0.677. The van der Waals surface area contributed by atoms with Crippen molar-refractivity contribution in [2.45, 2.75) is 96.3 Å². The van der Waals surface area contributed by atoms with E-state index in [1.54, 1.807) is 5.56 Å². The molecule has 3 aliphatic carbocycles. The van der Waals surface area contributed by atoms with Gasteiger partial charge >= 0.3 is 0 Å². The van der Waals surface area contributed by atoms with E-state index in [-0.39, 0.29) is 0 Å².